The van der Waals surface area contributed by atoms with E-state index in [9.17, 15) is 17.6 Å². The average Bonchev–Trinajstić information content (AvgIpc) is 3.15. The summed E-state index contributed by atoms with van der Waals surface area (Å²) in [6.07, 6.45) is 8.49. The molecule has 1 aliphatic rings. The highest BCUT2D eigenvalue weighted by Gasteiger charge is 2.22. The Kier molecular flexibility index (Phi) is 5.95. The van der Waals surface area contributed by atoms with Gasteiger partial charge in [0, 0.05) is 25.5 Å². The molecule has 0 bridgehead atoms. The number of fused-ring (bicyclic) bond motifs is 1. The van der Waals surface area contributed by atoms with E-state index in [0.29, 0.717) is 35.5 Å². The zero-order valence-corrected chi connectivity index (χ0v) is 18.0. The molecule has 4 rings (SSSR count). The molecule has 8 nitrogen and oxygen atoms in total. The van der Waals surface area contributed by atoms with E-state index in [1.165, 1.54) is 24.4 Å². The van der Waals surface area contributed by atoms with Crippen LogP contribution in [0, 0.1) is 5.82 Å². The van der Waals surface area contributed by atoms with Crippen LogP contribution in [0.1, 0.15) is 23.2 Å². The van der Waals surface area contributed by atoms with Gasteiger partial charge in [0.15, 0.2) is 14.9 Å². The number of hydrogen-bond acceptors (Lipinski definition) is 6. The van der Waals surface area contributed by atoms with E-state index < -0.39 is 15.7 Å². The Morgan fingerprint density at radius 3 is 2.75 bits per heavy atom. The predicted molar refractivity (Wildman–Crippen MR) is 118 cm³/mol. The Morgan fingerprint density at radius 2 is 2.00 bits per heavy atom. The van der Waals surface area contributed by atoms with Crippen LogP contribution in [0.15, 0.2) is 64.9 Å². The molecule has 164 valence electrons. The minimum Gasteiger partial charge on any atom is -0.347 e. The largest absolute Gasteiger partial charge is 0.347 e. The van der Waals surface area contributed by atoms with E-state index in [-0.39, 0.29) is 23.1 Å². The monoisotopic (exact) mass is 453 g/mol. The van der Waals surface area contributed by atoms with Crippen LogP contribution >= 0.6 is 0 Å². The van der Waals surface area contributed by atoms with Gasteiger partial charge in [-0.3, -0.25) is 9.79 Å². The summed E-state index contributed by atoms with van der Waals surface area (Å²) in [5.41, 5.74) is 2.70. The summed E-state index contributed by atoms with van der Waals surface area (Å²) in [4.78, 5) is 21.3. The Labute approximate surface area is 184 Å². The lowest BCUT2D eigenvalue weighted by atomic mass is 10.1. The molecule has 10 heteroatoms. The van der Waals surface area contributed by atoms with E-state index in [1.807, 2.05) is 12.2 Å². The molecule has 1 aromatic carbocycles. The molecule has 2 aromatic heterocycles. The second-order valence-corrected chi connectivity index (χ2v) is 9.17. The first-order valence-electron chi connectivity index (χ1n) is 9.81. The zero-order valence-electron chi connectivity index (χ0n) is 17.2. The summed E-state index contributed by atoms with van der Waals surface area (Å²) < 4.78 is 38.4. The first-order chi connectivity index (χ1) is 15.3. The third-order valence-electron chi connectivity index (χ3n) is 4.82. The predicted octanol–water partition coefficient (Wildman–Crippen LogP) is 2.33. The lowest BCUT2D eigenvalue weighted by Crippen LogP contribution is -2.32. The topological polar surface area (TPSA) is 106 Å². The number of nitrogens with zero attached hydrogens (tertiary/aromatic N) is 4. The van der Waals surface area contributed by atoms with Crippen LogP contribution in [-0.4, -0.2) is 47.6 Å². The number of halogens is 1. The molecule has 0 saturated carbocycles. The minimum atomic E-state index is -3.45. The second kappa shape index (κ2) is 8.83. The highest BCUT2D eigenvalue weighted by atomic mass is 32.2. The number of rotatable bonds is 5. The number of sulfone groups is 1. The summed E-state index contributed by atoms with van der Waals surface area (Å²) in [5.74, 6) is -0.756. The fraction of sp³-hybridized carbons (Fsp3) is 0.182. The van der Waals surface area contributed by atoms with Crippen molar-refractivity contribution in [2.24, 2.45) is 4.99 Å². The highest BCUT2D eigenvalue weighted by Crippen LogP contribution is 2.20. The van der Waals surface area contributed by atoms with Crippen LogP contribution in [0.3, 0.4) is 0 Å². The number of aromatic nitrogens is 3. The quantitative estimate of drug-likeness (QED) is 0.638. The molecule has 1 amide bonds. The average molecular weight is 453 g/mol. The Bertz CT molecular complexity index is 1330. The SMILES string of the molecule is CS(=O)(=O)c1cc(CNC(=O)C2=NCCC=Cc3c2cnn3-c2ccc(F)cc2)ccn1. The number of carbonyl (C=O) groups is 1. The van der Waals surface area contributed by atoms with E-state index in [1.54, 1.807) is 29.1 Å². The number of carbonyl (C=O) groups excluding carboxylic acids is 1. The van der Waals surface area contributed by atoms with Crippen molar-refractivity contribution in [1.29, 1.82) is 0 Å². The Balaban J connectivity index is 1.60. The maximum Gasteiger partial charge on any atom is 0.270 e. The van der Waals surface area contributed by atoms with Crippen molar-refractivity contribution in [2.45, 2.75) is 18.0 Å². The summed E-state index contributed by atoms with van der Waals surface area (Å²) in [6, 6.07) is 8.96. The second-order valence-electron chi connectivity index (χ2n) is 7.21. The van der Waals surface area contributed by atoms with E-state index in [4.69, 9.17) is 0 Å². The molecule has 1 aliphatic heterocycles. The molecular weight excluding hydrogens is 433 g/mol. The van der Waals surface area contributed by atoms with Crippen LogP contribution in [0.4, 0.5) is 4.39 Å². The first-order valence-corrected chi connectivity index (χ1v) is 11.7. The molecule has 0 saturated heterocycles. The molecule has 1 N–H and O–H groups in total. The summed E-state index contributed by atoms with van der Waals surface area (Å²) in [6.45, 7) is 0.550. The fourth-order valence-corrected chi connectivity index (χ4v) is 3.86. The van der Waals surface area contributed by atoms with Gasteiger partial charge in [-0.05, 0) is 54.5 Å². The van der Waals surface area contributed by atoms with Crippen LogP contribution in [-0.2, 0) is 21.2 Å². The maximum atomic E-state index is 13.3. The maximum absolute atomic E-state index is 13.3. The number of pyridine rings is 1. The van der Waals surface area contributed by atoms with Crippen LogP contribution in [0.25, 0.3) is 11.8 Å². The Hall–Kier alpha value is -3.66. The Morgan fingerprint density at radius 1 is 1.22 bits per heavy atom. The third-order valence-corrected chi connectivity index (χ3v) is 5.80. The number of amides is 1. The van der Waals surface area contributed by atoms with Gasteiger partial charge in [0.05, 0.1) is 23.1 Å². The molecule has 0 spiro atoms. The van der Waals surface area contributed by atoms with Gasteiger partial charge in [0.1, 0.15) is 11.5 Å². The molecule has 0 atom stereocenters. The number of benzene rings is 1. The molecule has 3 heterocycles. The molecule has 0 aliphatic carbocycles. The first kappa shape index (κ1) is 21.6. The smallest absolute Gasteiger partial charge is 0.270 e. The van der Waals surface area contributed by atoms with Crippen LogP contribution in [0.5, 0.6) is 0 Å². The van der Waals surface area contributed by atoms with Crippen LogP contribution in [0.2, 0.25) is 0 Å². The van der Waals surface area contributed by atoms with Gasteiger partial charge < -0.3 is 5.32 Å². The van der Waals surface area contributed by atoms with Crippen molar-refractivity contribution in [3.05, 3.63) is 77.5 Å². The lowest BCUT2D eigenvalue weighted by Gasteiger charge is -2.12. The minimum absolute atomic E-state index is 0.0551. The van der Waals surface area contributed by atoms with Gasteiger partial charge in [-0.25, -0.2) is 22.5 Å². The third kappa shape index (κ3) is 4.65. The van der Waals surface area contributed by atoms with Gasteiger partial charge in [-0.1, -0.05) is 6.08 Å². The van der Waals surface area contributed by atoms with Gasteiger partial charge >= 0.3 is 0 Å². The van der Waals surface area contributed by atoms with Gasteiger partial charge in [0.25, 0.3) is 5.91 Å². The summed E-state index contributed by atoms with van der Waals surface area (Å²) in [5, 5.41) is 7.11. The summed E-state index contributed by atoms with van der Waals surface area (Å²) >= 11 is 0. The summed E-state index contributed by atoms with van der Waals surface area (Å²) in [7, 11) is -3.45. The number of nitrogens with one attached hydrogen (secondary N) is 1. The lowest BCUT2D eigenvalue weighted by molar-refractivity contribution is -0.114. The molecular formula is C22H20FN5O3S. The molecule has 3 aromatic rings. The molecule has 0 fully saturated rings. The van der Waals surface area contributed by atoms with Crippen molar-refractivity contribution in [3.63, 3.8) is 0 Å². The number of aliphatic imine (C=N–C) groups is 1. The normalized spacial score (nSPS) is 13.6. The van der Waals surface area contributed by atoms with Crippen molar-refractivity contribution in [2.75, 3.05) is 12.8 Å². The molecule has 0 radical (unpaired) electrons. The van der Waals surface area contributed by atoms with Crippen molar-refractivity contribution in [3.8, 4) is 5.69 Å². The van der Waals surface area contributed by atoms with E-state index >= 15 is 0 Å². The molecule has 32 heavy (non-hydrogen) atoms. The van der Waals surface area contributed by atoms with E-state index in [0.717, 1.165) is 6.26 Å². The van der Waals surface area contributed by atoms with Crippen molar-refractivity contribution >= 4 is 27.5 Å². The fourth-order valence-electron chi connectivity index (χ4n) is 3.24. The van der Waals surface area contributed by atoms with Crippen molar-refractivity contribution in [1.82, 2.24) is 20.1 Å². The van der Waals surface area contributed by atoms with Crippen molar-refractivity contribution < 1.29 is 17.6 Å². The van der Waals surface area contributed by atoms with Gasteiger partial charge in [-0.2, -0.15) is 5.10 Å². The highest BCUT2D eigenvalue weighted by molar-refractivity contribution is 7.90. The standard InChI is InChI=1S/C22H20FN5O3S/c1-32(30,31)20-12-15(9-11-24-20)13-26-22(29)21-18-14-27-28(17-7-5-16(23)6-8-17)19(18)4-2-3-10-25-21/h2,4-9,11-12,14H,3,10,13H2,1H3,(H,26,29). The van der Waals surface area contributed by atoms with Gasteiger partial charge in [0.2, 0.25) is 0 Å². The number of hydrogen-bond donors (Lipinski definition) is 1. The van der Waals surface area contributed by atoms with Gasteiger partial charge in [-0.15, -0.1) is 0 Å². The molecule has 0 unspecified atom stereocenters. The van der Waals surface area contributed by atoms with Crippen LogP contribution < -0.4 is 5.32 Å². The van der Waals surface area contributed by atoms with E-state index in [2.05, 4.69) is 20.4 Å². The zero-order chi connectivity index (χ0) is 22.7.